The second-order valence-electron chi connectivity index (χ2n) is 4.72. The molecule has 0 aliphatic heterocycles. The third-order valence-electron chi connectivity index (χ3n) is 2.98. The largest absolute Gasteiger partial charge is 0.493 e. The van der Waals surface area contributed by atoms with E-state index in [4.69, 9.17) is 9.47 Å². The predicted octanol–water partition coefficient (Wildman–Crippen LogP) is 4.23. The second kappa shape index (κ2) is 6.94. The molecular weight excluding hydrogens is 252 g/mol. The van der Waals surface area contributed by atoms with Gasteiger partial charge in [0.05, 0.1) is 13.2 Å². The van der Waals surface area contributed by atoms with Crippen LogP contribution < -0.4 is 9.47 Å². The van der Waals surface area contributed by atoms with E-state index in [1.54, 1.807) is 6.07 Å². The molecule has 2 aromatic carbocycles. The molecule has 0 bridgehead atoms. The first-order valence-electron chi connectivity index (χ1n) is 7.07. The lowest BCUT2D eigenvalue weighted by Gasteiger charge is -2.12. The van der Waals surface area contributed by atoms with Gasteiger partial charge in [0.25, 0.3) is 0 Å². The average Bonchev–Trinajstić information content (AvgIpc) is 2.49. The summed E-state index contributed by atoms with van der Waals surface area (Å²) in [4.78, 5) is 10.9. The Morgan fingerprint density at radius 2 is 1.75 bits per heavy atom. The van der Waals surface area contributed by atoms with Crippen molar-refractivity contribution in [2.75, 3.05) is 13.2 Å². The fraction of sp³-hybridized carbons (Fsp3) is 0.353. The zero-order chi connectivity index (χ0) is 14.4. The molecule has 3 nitrogen and oxygen atoms in total. The lowest BCUT2D eigenvalue weighted by molar-refractivity contribution is 0.112. The zero-order valence-electron chi connectivity index (χ0n) is 12.0. The topological polar surface area (TPSA) is 35.5 Å². The number of fused-ring (bicyclic) bond motifs is 1. The standard InChI is InChI=1S/C17H20O3/c1-3-7-19-15-10-14-9-13(12-18)5-6-16(14)17(11-15)20-8-4-2/h5-6,9-12H,3-4,7-8H2,1-2H3. The Labute approximate surface area is 119 Å². The van der Waals surface area contributed by atoms with Crippen molar-refractivity contribution in [1.29, 1.82) is 0 Å². The molecule has 0 atom stereocenters. The van der Waals surface area contributed by atoms with Gasteiger partial charge in [-0.2, -0.15) is 0 Å². The van der Waals surface area contributed by atoms with E-state index < -0.39 is 0 Å². The predicted molar refractivity (Wildman–Crippen MR) is 80.9 cm³/mol. The summed E-state index contributed by atoms with van der Waals surface area (Å²) in [7, 11) is 0. The van der Waals surface area contributed by atoms with Crippen molar-refractivity contribution in [3.05, 3.63) is 35.9 Å². The van der Waals surface area contributed by atoms with E-state index in [1.807, 2.05) is 24.3 Å². The highest BCUT2D eigenvalue weighted by Gasteiger charge is 2.07. The minimum absolute atomic E-state index is 0.659. The number of rotatable bonds is 7. The number of aldehydes is 1. The minimum Gasteiger partial charge on any atom is -0.493 e. The molecule has 0 N–H and O–H groups in total. The minimum atomic E-state index is 0.659. The second-order valence-corrected chi connectivity index (χ2v) is 4.72. The van der Waals surface area contributed by atoms with Crippen LogP contribution in [0.5, 0.6) is 11.5 Å². The van der Waals surface area contributed by atoms with Crippen LogP contribution in [-0.4, -0.2) is 19.5 Å². The van der Waals surface area contributed by atoms with Crippen molar-refractivity contribution in [3.63, 3.8) is 0 Å². The Morgan fingerprint density at radius 1 is 1.00 bits per heavy atom. The van der Waals surface area contributed by atoms with Crippen LogP contribution in [-0.2, 0) is 0 Å². The zero-order valence-corrected chi connectivity index (χ0v) is 12.0. The van der Waals surface area contributed by atoms with Gasteiger partial charge in [-0.3, -0.25) is 4.79 Å². The van der Waals surface area contributed by atoms with Gasteiger partial charge in [-0.25, -0.2) is 0 Å². The SMILES string of the molecule is CCCOc1cc(OCCC)c2ccc(C=O)cc2c1. The summed E-state index contributed by atoms with van der Waals surface area (Å²) in [5.41, 5.74) is 0.659. The molecule has 0 saturated heterocycles. The molecule has 2 aromatic rings. The molecular formula is C17H20O3. The Hall–Kier alpha value is -2.03. The van der Waals surface area contributed by atoms with Gasteiger partial charge in [-0.05, 0) is 36.4 Å². The molecule has 0 saturated carbocycles. The summed E-state index contributed by atoms with van der Waals surface area (Å²) in [6.07, 6.45) is 2.76. The van der Waals surface area contributed by atoms with Gasteiger partial charge < -0.3 is 9.47 Å². The fourth-order valence-electron chi connectivity index (χ4n) is 2.03. The van der Waals surface area contributed by atoms with Gasteiger partial charge in [-0.15, -0.1) is 0 Å². The van der Waals surface area contributed by atoms with E-state index in [9.17, 15) is 4.79 Å². The molecule has 0 aliphatic carbocycles. The Morgan fingerprint density at radius 3 is 2.45 bits per heavy atom. The molecule has 0 radical (unpaired) electrons. The van der Waals surface area contributed by atoms with Gasteiger partial charge in [0.1, 0.15) is 17.8 Å². The van der Waals surface area contributed by atoms with Crippen molar-refractivity contribution in [3.8, 4) is 11.5 Å². The highest BCUT2D eigenvalue weighted by molar-refractivity contribution is 5.93. The molecule has 0 aliphatic rings. The van der Waals surface area contributed by atoms with Gasteiger partial charge in [0.15, 0.2) is 0 Å². The van der Waals surface area contributed by atoms with Crippen LogP contribution >= 0.6 is 0 Å². The number of hydrogen-bond donors (Lipinski definition) is 0. The summed E-state index contributed by atoms with van der Waals surface area (Å²) in [6.45, 7) is 5.48. The number of carbonyl (C=O) groups is 1. The van der Waals surface area contributed by atoms with Gasteiger partial charge in [0.2, 0.25) is 0 Å². The third-order valence-corrected chi connectivity index (χ3v) is 2.98. The third kappa shape index (κ3) is 3.29. The van der Waals surface area contributed by atoms with E-state index in [0.29, 0.717) is 18.8 Å². The van der Waals surface area contributed by atoms with Crippen molar-refractivity contribution >= 4 is 17.1 Å². The fourth-order valence-corrected chi connectivity index (χ4v) is 2.03. The van der Waals surface area contributed by atoms with Crippen LogP contribution in [0.4, 0.5) is 0 Å². The molecule has 20 heavy (non-hydrogen) atoms. The van der Waals surface area contributed by atoms with E-state index in [1.165, 1.54) is 0 Å². The van der Waals surface area contributed by atoms with Crippen LogP contribution in [0.25, 0.3) is 10.8 Å². The van der Waals surface area contributed by atoms with Crippen molar-refractivity contribution in [1.82, 2.24) is 0 Å². The quantitative estimate of drug-likeness (QED) is 0.707. The summed E-state index contributed by atoms with van der Waals surface area (Å²) >= 11 is 0. The smallest absolute Gasteiger partial charge is 0.150 e. The number of benzene rings is 2. The maximum absolute atomic E-state index is 10.9. The number of carbonyl (C=O) groups excluding carboxylic acids is 1. The molecule has 0 amide bonds. The molecule has 0 fully saturated rings. The molecule has 0 aromatic heterocycles. The van der Waals surface area contributed by atoms with Crippen LogP contribution in [0.3, 0.4) is 0 Å². The lowest BCUT2D eigenvalue weighted by Crippen LogP contribution is -1.99. The van der Waals surface area contributed by atoms with Gasteiger partial charge in [-0.1, -0.05) is 19.9 Å². The van der Waals surface area contributed by atoms with E-state index >= 15 is 0 Å². The van der Waals surface area contributed by atoms with Crippen LogP contribution in [0.1, 0.15) is 37.0 Å². The maximum atomic E-state index is 10.9. The Balaban J connectivity index is 2.45. The van der Waals surface area contributed by atoms with E-state index in [0.717, 1.165) is 41.4 Å². The number of ether oxygens (including phenoxy) is 2. The first-order chi connectivity index (χ1) is 9.78. The monoisotopic (exact) mass is 272 g/mol. The highest BCUT2D eigenvalue weighted by Crippen LogP contribution is 2.32. The molecule has 0 spiro atoms. The normalized spacial score (nSPS) is 10.5. The average molecular weight is 272 g/mol. The molecule has 3 heteroatoms. The van der Waals surface area contributed by atoms with Gasteiger partial charge >= 0.3 is 0 Å². The summed E-state index contributed by atoms with van der Waals surface area (Å²) in [5, 5.41) is 1.97. The number of hydrogen-bond acceptors (Lipinski definition) is 3. The first-order valence-corrected chi connectivity index (χ1v) is 7.07. The van der Waals surface area contributed by atoms with Crippen molar-refractivity contribution in [2.45, 2.75) is 26.7 Å². The summed E-state index contributed by atoms with van der Waals surface area (Å²) in [5.74, 6) is 1.60. The van der Waals surface area contributed by atoms with E-state index in [2.05, 4.69) is 13.8 Å². The highest BCUT2D eigenvalue weighted by atomic mass is 16.5. The van der Waals surface area contributed by atoms with Crippen LogP contribution in [0, 0.1) is 0 Å². The summed E-state index contributed by atoms with van der Waals surface area (Å²) in [6, 6.07) is 9.47. The van der Waals surface area contributed by atoms with Crippen molar-refractivity contribution in [2.24, 2.45) is 0 Å². The summed E-state index contributed by atoms with van der Waals surface area (Å²) < 4.78 is 11.5. The van der Waals surface area contributed by atoms with Crippen molar-refractivity contribution < 1.29 is 14.3 Å². The van der Waals surface area contributed by atoms with Gasteiger partial charge in [0, 0.05) is 17.0 Å². The van der Waals surface area contributed by atoms with E-state index in [-0.39, 0.29) is 0 Å². The maximum Gasteiger partial charge on any atom is 0.150 e. The molecule has 0 unspecified atom stereocenters. The first kappa shape index (κ1) is 14.4. The Bertz CT molecular complexity index is 590. The van der Waals surface area contributed by atoms with Crippen LogP contribution in [0.15, 0.2) is 30.3 Å². The van der Waals surface area contributed by atoms with Crippen LogP contribution in [0.2, 0.25) is 0 Å². The molecule has 2 rings (SSSR count). The molecule has 0 heterocycles. The Kier molecular flexibility index (Phi) is 4.99. The lowest BCUT2D eigenvalue weighted by atomic mass is 10.1. The molecule has 106 valence electrons.